The highest BCUT2D eigenvalue weighted by Crippen LogP contribution is 2.38. The number of nitro benzene ring substituents is 1. The van der Waals surface area contributed by atoms with E-state index in [0.717, 1.165) is 25.0 Å². The van der Waals surface area contributed by atoms with E-state index >= 15 is 0 Å². The Kier molecular flexibility index (Phi) is 4.41. The third-order valence-electron chi connectivity index (χ3n) is 4.06. The van der Waals surface area contributed by atoms with Crippen LogP contribution in [-0.4, -0.2) is 15.9 Å². The molecule has 1 saturated carbocycles. The summed E-state index contributed by atoms with van der Waals surface area (Å²) in [5, 5.41) is 14.6. The van der Waals surface area contributed by atoms with Crippen molar-refractivity contribution in [2.75, 3.05) is 5.32 Å². The summed E-state index contributed by atoms with van der Waals surface area (Å²) in [5.74, 6) is 0.490. The zero-order chi connectivity index (χ0) is 16.2. The van der Waals surface area contributed by atoms with Crippen molar-refractivity contribution in [1.82, 2.24) is 4.98 Å². The number of hydrogen-bond donors (Lipinski definition) is 1. The number of nitrogens with zero attached hydrogens (tertiary/aromatic N) is 2. The molecule has 1 atom stereocenters. The van der Waals surface area contributed by atoms with Gasteiger partial charge >= 0.3 is 0 Å². The van der Waals surface area contributed by atoms with Crippen LogP contribution in [0.15, 0.2) is 42.6 Å². The third-order valence-corrected chi connectivity index (χ3v) is 4.06. The van der Waals surface area contributed by atoms with E-state index in [-0.39, 0.29) is 22.8 Å². The zero-order valence-electron chi connectivity index (χ0n) is 12.9. The standard InChI is InChI=1S/C17H19N3O3/c1-12(14-8-2-3-11-18-14)23-16-10-5-9-15(20(21)22)17(16)19-13-6-4-7-13/h2-3,5,8-13,19H,4,6-7H2,1H3. The minimum atomic E-state index is -0.376. The lowest BCUT2D eigenvalue weighted by Gasteiger charge is -2.28. The van der Waals surface area contributed by atoms with Gasteiger partial charge < -0.3 is 10.1 Å². The second-order valence-corrected chi connectivity index (χ2v) is 5.69. The fourth-order valence-corrected chi connectivity index (χ4v) is 2.54. The number of hydrogen-bond acceptors (Lipinski definition) is 5. The summed E-state index contributed by atoms with van der Waals surface area (Å²) >= 11 is 0. The molecule has 1 aromatic heterocycles. The fraction of sp³-hybridized carbons (Fsp3) is 0.353. The molecule has 6 nitrogen and oxygen atoms in total. The lowest BCUT2D eigenvalue weighted by molar-refractivity contribution is -0.384. The highest BCUT2D eigenvalue weighted by molar-refractivity contribution is 5.70. The van der Waals surface area contributed by atoms with Gasteiger partial charge in [0.25, 0.3) is 5.69 Å². The number of para-hydroxylation sites is 1. The first-order valence-corrected chi connectivity index (χ1v) is 7.76. The van der Waals surface area contributed by atoms with Crippen LogP contribution in [0.4, 0.5) is 11.4 Å². The predicted molar refractivity (Wildman–Crippen MR) is 87.6 cm³/mol. The van der Waals surface area contributed by atoms with E-state index in [1.165, 1.54) is 6.07 Å². The maximum absolute atomic E-state index is 11.3. The number of anilines is 1. The number of ether oxygens (including phenoxy) is 1. The Balaban J connectivity index is 1.88. The van der Waals surface area contributed by atoms with Crippen LogP contribution in [0.3, 0.4) is 0 Å². The number of nitro groups is 1. The first-order valence-electron chi connectivity index (χ1n) is 7.76. The Morgan fingerprint density at radius 3 is 2.74 bits per heavy atom. The molecule has 23 heavy (non-hydrogen) atoms. The molecule has 1 aliphatic carbocycles. The van der Waals surface area contributed by atoms with E-state index < -0.39 is 0 Å². The smallest absolute Gasteiger partial charge is 0.296 e. The van der Waals surface area contributed by atoms with Crippen molar-refractivity contribution in [1.29, 1.82) is 0 Å². The van der Waals surface area contributed by atoms with Crippen LogP contribution in [-0.2, 0) is 0 Å². The molecule has 0 spiro atoms. The molecule has 1 aliphatic rings. The topological polar surface area (TPSA) is 77.3 Å². The van der Waals surface area contributed by atoms with Gasteiger partial charge in [0, 0.05) is 18.3 Å². The van der Waals surface area contributed by atoms with Crippen molar-refractivity contribution in [3.63, 3.8) is 0 Å². The van der Waals surface area contributed by atoms with E-state index in [1.807, 2.05) is 25.1 Å². The summed E-state index contributed by atoms with van der Waals surface area (Å²) in [6.45, 7) is 1.88. The average Bonchev–Trinajstić information content (AvgIpc) is 2.52. The van der Waals surface area contributed by atoms with Crippen molar-refractivity contribution in [3.05, 3.63) is 58.4 Å². The highest BCUT2D eigenvalue weighted by atomic mass is 16.6. The number of rotatable bonds is 6. The van der Waals surface area contributed by atoms with Crippen molar-refractivity contribution >= 4 is 11.4 Å². The van der Waals surface area contributed by atoms with Gasteiger partial charge in [-0.3, -0.25) is 15.1 Å². The van der Waals surface area contributed by atoms with Crippen LogP contribution in [0.1, 0.15) is 38.0 Å². The van der Waals surface area contributed by atoms with Gasteiger partial charge in [-0.15, -0.1) is 0 Å². The van der Waals surface area contributed by atoms with Crippen LogP contribution in [0.5, 0.6) is 5.75 Å². The third kappa shape index (κ3) is 3.41. The van der Waals surface area contributed by atoms with Gasteiger partial charge in [-0.25, -0.2) is 0 Å². The molecule has 1 N–H and O–H groups in total. The van der Waals surface area contributed by atoms with E-state index in [9.17, 15) is 10.1 Å². The quantitative estimate of drug-likeness (QED) is 0.642. The summed E-state index contributed by atoms with van der Waals surface area (Å²) in [7, 11) is 0. The fourth-order valence-electron chi connectivity index (χ4n) is 2.54. The SMILES string of the molecule is CC(Oc1cccc([N+](=O)[O-])c1NC1CCC1)c1ccccn1. The van der Waals surface area contributed by atoms with Crippen molar-refractivity contribution in [2.24, 2.45) is 0 Å². The van der Waals surface area contributed by atoms with E-state index in [1.54, 1.807) is 18.3 Å². The maximum Gasteiger partial charge on any atom is 0.296 e. The first kappa shape index (κ1) is 15.3. The van der Waals surface area contributed by atoms with Gasteiger partial charge in [-0.05, 0) is 44.4 Å². The molecule has 0 amide bonds. The first-order chi connectivity index (χ1) is 11.1. The zero-order valence-corrected chi connectivity index (χ0v) is 12.9. The number of benzene rings is 1. The molecule has 1 unspecified atom stereocenters. The van der Waals surface area contributed by atoms with Crippen LogP contribution in [0.2, 0.25) is 0 Å². The molecule has 1 fully saturated rings. The molecule has 0 saturated heterocycles. The molecular weight excluding hydrogens is 294 g/mol. The van der Waals surface area contributed by atoms with E-state index in [2.05, 4.69) is 10.3 Å². The summed E-state index contributed by atoms with van der Waals surface area (Å²) in [6, 6.07) is 10.8. The average molecular weight is 313 g/mol. The van der Waals surface area contributed by atoms with E-state index in [4.69, 9.17) is 4.74 Å². The molecule has 0 radical (unpaired) electrons. The maximum atomic E-state index is 11.3. The van der Waals surface area contributed by atoms with Crippen LogP contribution < -0.4 is 10.1 Å². The molecular formula is C17H19N3O3. The predicted octanol–water partition coefficient (Wildman–Crippen LogP) is 4.09. The summed E-state index contributed by atoms with van der Waals surface area (Å²) < 4.78 is 5.96. The van der Waals surface area contributed by atoms with Crippen LogP contribution in [0, 0.1) is 10.1 Å². The molecule has 6 heteroatoms. The van der Waals surface area contributed by atoms with E-state index in [0.29, 0.717) is 11.4 Å². The minimum Gasteiger partial charge on any atom is -0.482 e. The van der Waals surface area contributed by atoms with Gasteiger partial charge in [-0.2, -0.15) is 0 Å². The number of aromatic nitrogens is 1. The highest BCUT2D eigenvalue weighted by Gasteiger charge is 2.25. The normalized spacial score (nSPS) is 15.5. The number of nitrogens with one attached hydrogen (secondary N) is 1. The molecule has 0 aliphatic heterocycles. The Bertz CT molecular complexity index is 687. The minimum absolute atomic E-state index is 0.0441. The lowest BCUT2D eigenvalue weighted by Crippen LogP contribution is -2.27. The van der Waals surface area contributed by atoms with Crippen molar-refractivity contribution in [2.45, 2.75) is 38.3 Å². The van der Waals surface area contributed by atoms with Gasteiger partial charge in [0.2, 0.25) is 0 Å². The molecule has 1 heterocycles. The lowest BCUT2D eigenvalue weighted by atomic mass is 9.93. The summed E-state index contributed by atoms with van der Waals surface area (Å²) in [6.07, 6.45) is 4.62. The number of pyridine rings is 1. The van der Waals surface area contributed by atoms with Gasteiger partial charge in [0.1, 0.15) is 6.10 Å². The largest absolute Gasteiger partial charge is 0.482 e. The Hall–Kier alpha value is -2.63. The van der Waals surface area contributed by atoms with Gasteiger partial charge in [-0.1, -0.05) is 12.1 Å². The molecule has 1 aromatic carbocycles. The second-order valence-electron chi connectivity index (χ2n) is 5.69. The monoisotopic (exact) mass is 313 g/mol. The van der Waals surface area contributed by atoms with Crippen molar-refractivity contribution < 1.29 is 9.66 Å². The Morgan fingerprint density at radius 1 is 1.30 bits per heavy atom. The van der Waals surface area contributed by atoms with Gasteiger partial charge in [0.05, 0.1) is 10.6 Å². The molecule has 120 valence electrons. The Morgan fingerprint density at radius 2 is 2.13 bits per heavy atom. The van der Waals surface area contributed by atoms with Crippen LogP contribution >= 0.6 is 0 Å². The van der Waals surface area contributed by atoms with Crippen LogP contribution in [0.25, 0.3) is 0 Å². The molecule has 0 bridgehead atoms. The molecule has 2 aromatic rings. The molecule has 3 rings (SSSR count). The van der Waals surface area contributed by atoms with Gasteiger partial charge in [0.15, 0.2) is 11.4 Å². The van der Waals surface area contributed by atoms with Crippen molar-refractivity contribution in [3.8, 4) is 5.75 Å². The summed E-state index contributed by atoms with van der Waals surface area (Å²) in [5.41, 5.74) is 1.29. The second kappa shape index (κ2) is 6.64. The Labute approximate surface area is 134 Å². The summed E-state index contributed by atoms with van der Waals surface area (Å²) in [4.78, 5) is 15.2.